The molecule has 2 heterocycles. The van der Waals surface area contributed by atoms with Crippen molar-refractivity contribution in [2.45, 2.75) is 6.92 Å². The fourth-order valence-electron chi connectivity index (χ4n) is 2.61. The molecule has 142 valence electrons. The van der Waals surface area contributed by atoms with E-state index in [1.807, 2.05) is 31.2 Å². The third-order valence-corrected chi connectivity index (χ3v) is 4.94. The van der Waals surface area contributed by atoms with E-state index in [9.17, 15) is 4.79 Å². The number of carbonyl (C=O) groups is 1. The second-order valence-electron chi connectivity index (χ2n) is 5.91. The van der Waals surface area contributed by atoms with E-state index in [0.717, 1.165) is 16.3 Å². The molecule has 0 saturated heterocycles. The Labute approximate surface area is 164 Å². The molecule has 4 rings (SSSR count). The first-order valence-corrected chi connectivity index (χ1v) is 9.30. The zero-order valence-electron chi connectivity index (χ0n) is 15.2. The standard InChI is InChI=1S/C19H17N5O3S/c1-12-21-22-19-24(12)23-18(28-19)15-5-3-4-6-16(15)20-17(25)11-27-14-9-7-13(26-2)8-10-14/h3-10H,11H2,1-2H3,(H,20,25). The molecular formula is C19H17N5O3S. The lowest BCUT2D eigenvalue weighted by Gasteiger charge is -2.10. The number of fused-ring (bicyclic) bond motifs is 1. The Kier molecular flexibility index (Phi) is 4.90. The van der Waals surface area contributed by atoms with Gasteiger partial charge in [0.1, 0.15) is 16.5 Å². The topological polar surface area (TPSA) is 90.6 Å². The van der Waals surface area contributed by atoms with Gasteiger partial charge in [0.15, 0.2) is 12.4 Å². The van der Waals surface area contributed by atoms with E-state index in [1.165, 1.54) is 11.3 Å². The van der Waals surface area contributed by atoms with Crippen LogP contribution in [0, 0.1) is 6.92 Å². The Morgan fingerprint density at radius 1 is 1.11 bits per heavy atom. The van der Waals surface area contributed by atoms with E-state index in [0.29, 0.717) is 22.2 Å². The Morgan fingerprint density at radius 3 is 2.61 bits per heavy atom. The molecule has 0 spiro atoms. The van der Waals surface area contributed by atoms with Crippen LogP contribution in [0.25, 0.3) is 15.5 Å². The zero-order valence-corrected chi connectivity index (χ0v) is 16.1. The number of methoxy groups -OCH3 is 1. The van der Waals surface area contributed by atoms with Gasteiger partial charge >= 0.3 is 0 Å². The van der Waals surface area contributed by atoms with Crippen LogP contribution in [0.2, 0.25) is 0 Å². The molecule has 0 fully saturated rings. The second-order valence-corrected chi connectivity index (χ2v) is 6.86. The highest BCUT2D eigenvalue weighted by atomic mass is 32.1. The highest BCUT2D eigenvalue weighted by Crippen LogP contribution is 2.31. The smallest absolute Gasteiger partial charge is 0.262 e. The summed E-state index contributed by atoms with van der Waals surface area (Å²) in [6.45, 7) is 1.73. The fraction of sp³-hybridized carbons (Fsp3) is 0.158. The van der Waals surface area contributed by atoms with Gasteiger partial charge in [0.05, 0.1) is 12.8 Å². The van der Waals surface area contributed by atoms with Crippen LogP contribution in [0.5, 0.6) is 11.5 Å². The number of hydrogen-bond donors (Lipinski definition) is 1. The minimum Gasteiger partial charge on any atom is -0.497 e. The molecule has 0 unspecified atom stereocenters. The maximum atomic E-state index is 12.4. The van der Waals surface area contributed by atoms with Gasteiger partial charge in [-0.15, -0.1) is 10.2 Å². The molecule has 1 N–H and O–H groups in total. The van der Waals surface area contributed by atoms with Crippen molar-refractivity contribution in [2.24, 2.45) is 0 Å². The normalized spacial score (nSPS) is 10.8. The van der Waals surface area contributed by atoms with E-state index in [2.05, 4.69) is 20.6 Å². The number of carbonyl (C=O) groups excluding carboxylic acids is 1. The predicted molar refractivity (Wildman–Crippen MR) is 106 cm³/mol. The average Bonchev–Trinajstić information content (AvgIpc) is 3.29. The van der Waals surface area contributed by atoms with Crippen molar-refractivity contribution in [1.29, 1.82) is 0 Å². The number of benzene rings is 2. The van der Waals surface area contributed by atoms with Gasteiger partial charge in [-0.2, -0.15) is 9.61 Å². The van der Waals surface area contributed by atoms with Crippen LogP contribution < -0.4 is 14.8 Å². The number of amides is 1. The Hall–Kier alpha value is -3.46. The van der Waals surface area contributed by atoms with Gasteiger partial charge in [0, 0.05) is 5.56 Å². The number of nitrogens with one attached hydrogen (secondary N) is 1. The summed E-state index contributed by atoms with van der Waals surface area (Å²) in [5.41, 5.74) is 1.48. The molecule has 1 amide bonds. The van der Waals surface area contributed by atoms with Crippen molar-refractivity contribution in [3.63, 3.8) is 0 Å². The molecule has 2 aromatic heterocycles. The summed E-state index contributed by atoms with van der Waals surface area (Å²) < 4.78 is 12.3. The molecule has 9 heteroatoms. The maximum absolute atomic E-state index is 12.4. The fourth-order valence-corrected chi connectivity index (χ4v) is 3.53. The summed E-state index contributed by atoms with van der Waals surface area (Å²) in [4.78, 5) is 13.1. The number of aryl methyl sites for hydroxylation is 1. The molecule has 0 bridgehead atoms. The Balaban J connectivity index is 1.47. The molecule has 2 aromatic carbocycles. The lowest BCUT2D eigenvalue weighted by molar-refractivity contribution is -0.118. The minimum absolute atomic E-state index is 0.106. The molecular weight excluding hydrogens is 378 g/mol. The van der Waals surface area contributed by atoms with Crippen molar-refractivity contribution in [3.05, 3.63) is 54.4 Å². The lowest BCUT2D eigenvalue weighted by atomic mass is 10.2. The van der Waals surface area contributed by atoms with E-state index < -0.39 is 0 Å². The number of aromatic nitrogens is 4. The minimum atomic E-state index is -0.262. The first-order chi connectivity index (χ1) is 13.6. The largest absolute Gasteiger partial charge is 0.497 e. The van der Waals surface area contributed by atoms with Gasteiger partial charge < -0.3 is 14.8 Å². The van der Waals surface area contributed by atoms with Gasteiger partial charge in [0.25, 0.3) is 5.91 Å². The molecule has 0 atom stereocenters. The summed E-state index contributed by atoms with van der Waals surface area (Å²) in [5.74, 6) is 1.77. The Morgan fingerprint density at radius 2 is 1.86 bits per heavy atom. The molecule has 0 aliphatic heterocycles. The van der Waals surface area contributed by atoms with Crippen LogP contribution in [0.15, 0.2) is 48.5 Å². The van der Waals surface area contributed by atoms with Crippen molar-refractivity contribution in [2.75, 3.05) is 19.0 Å². The van der Waals surface area contributed by atoms with Crippen molar-refractivity contribution in [3.8, 4) is 22.1 Å². The van der Waals surface area contributed by atoms with Crippen LogP contribution in [-0.4, -0.2) is 39.4 Å². The third-order valence-electron chi connectivity index (χ3n) is 4.01. The molecule has 4 aromatic rings. The van der Waals surface area contributed by atoms with Gasteiger partial charge in [0.2, 0.25) is 4.96 Å². The van der Waals surface area contributed by atoms with Crippen molar-refractivity contribution >= 4 is 27.9 Å². The highest BCUT2D eigenvalue weighted by Gasteiger charge is 2.15. The van der Waals surface area contributed by atoms with Crippen LogP contribution in [0.3, 0.4) is 0 Å². The van der Waals surface area contributed by atoms with Gasteiger partial charge in [-0.25, -0.2) is 0 Å². The van der Waals surface area contributed by atoms with Crippen molar-refractivity contribution < 1.29 is 14.3 Å². The number of ether oxygens (including phenoxy) is 2. The first kappa shape index (κ1) is 17.9. The van der Waals surface area contributed by atoms with E-state index in [-0.39, 0.29) is 12.5 Å². The molecule has 28 heavy (non-hydrogen) atoms. The molecule has 0 saturated carbocycles. The maximum Gasteiger partial charge on any atom is 0.262 e. The predicted octanol–water partition coefficient (Wildman–Crippen LogP) is 3.19. The van der Waals surface area contributed by atoms with Gasteiger partial charge in [-0.3, -0.25) is 4.79 Å². The summed E-state index contributed by atoms with van der Waals surface area (Å²) >= 11 is 1.41. The van der Waals surface area contributed by atoms with E-state index in [4.69, 9.17) is 9.47 Å². The zero-order chi connectivity index (χ0) is 19.5. The first-order valence-electron chi connectivity index (χ1n) is 8.49. The monoisotopic (exact) mass is 395 g/mol. The molecule has 0 aliphatic carbocycles. The van der Waals surface area contributed by atoms with Gasteiger partial charge in [-0.05, 0) is 43.3 Å². The number of para-hydroxylation sites is 1. The van der Waals surface area contributed by atoms with Gasteiger partial charge in [-0.1, -0.05) is 23.5 Å². The summed E-state index contributed by atoms with van der Waals surface area (Å²) in [6, 6.07) is 14.5. The summed E-state index contributed by atoms with van der Waals surface area (Å²) in [5, 5.41) is 16.2. The number of rotatable bonds is 6. The summed E-state index contributed by atoms with van der Waals surface area (Å²) in [7, 11) is 1.60. The quantitative estimate of drug-likeness (QED) is 0.539. The van der Waals surface area contributed by atoms with E-state index >= 15 is 0 Å². The molecule has 8 nitrogen and oxygen atoms in total. The average molecular weight is 395 g/mol. The molecule has 0 radical (unpaired) electrons. The van der Waals surface area contributed by atoms with Crippen molar-refractivity contribution in [1.82, 2.24) is 19.8 Å². The van der Waals surface area contributed by atoms with Crippen LogP contribution in [0.1, 0.15) is 5.82 Å². The third kappa shape index (κ3) is 3.65. The van der Waals surface area contributed by atoms with E-state index in [1.54, 1.807) is 35.9 Å². The van der Waals surface area contributed by atoms with Crippen LogP contribution >= 0.6 is 11.3 Å². The summed E-state index contributed by atoms with van der Waals surface area (Å²) in [6.07, 6.45) is 0. The molecule has 0 aliphatic rings. The number of nitrogens with zero attached hydrogens (tertiary/aromatic N) is 4. The highest BCUT2D eigenvalue weighted by molar-refractivity contribution is 7.19. The number of hydrogen-bond acceptors (Lipinski definition) is 7. The van der Waals surface area contributed by atoms with Crippen LogP contribution in [-0.2, 0) is 4.79 Å². The Bertz CT molecular complexity index is 1120. The van der Waals surface area contributed by atoms with Crippen LogP contribution in [0.4, 0.5) is 5.69 Å². The lowest BCUT2D eigenvalue weighted by Crippen LogP contribution is -2.20. The number of anilines is 1. The SMILES string of the molecule is COc1ccc(OCC(=O)Nc2ccccc2-c2nn3c(C)nnc3s2)cc1. The second kappa shape index (κ2) is 7.65.